The molecule has 0 aromatic heterocycles. The average Bonchev–Trinajstić information content (AvgIpc) is 2.22. The lowest BCUT2D eigenvalue weighted by Gasteiger charge is -1.82. The molecule has 0 spiro atoms. The molecule has 38 valence electrons. The van der Waals surface area contributed by atoms with E-state index < -0.39 is 0 Å². The van der Waals surface area contributed by atoms with Crippen LogP contribution >= 0.6 is 0 Å². The summed E-state index contributed by atoms with van der Waals surface area (Å²) in [6, 6.07) is 0. The lowest BCUT2D eigenvalue weighted by Crippen LogP contribution is -1.66. The Balaban J connectivity index is 2.14. The second kappa shape index (κ2) is 1.55. The number of hydrogen-bond acceptors (Lipinski definition) is 0. The molecule has 0 aromatic carbocycles. The van der Waals surface area contributed by atoms with E-state index in [0.717, 1.165) is 0 Å². The number of allylic oxidation sites excluding steroid dienone is 1. The van der Waals surface area contributed by atoms with Gasteiger partial charge >= 0.3 is 0 Å². The van der Waals surface area contributed by atoms with E-state index in [1.165, 1.54) is 24.0 Å². The molecular weight excluding hydrogens is 84.1 g/mol. The maximum absolute atomic E-state index is 3.17. The van der Waals surface area contributed by atoms with Crippen LogP contribution in [0.3, 0.4) is 0 Å². The van der Waals surface area contributed by atoms with Gasteiger partial charge < -0.3 is 0 Å². The monoisotopic (exact) mass is 94.1 g/mol. The molecule has 0 saturated carbocycles. The van der Waals surface area contributed by atoms with Crippen molar-refractivity contribution >= 4 is 0 Å². The molecule has 1 aliphatic rings. The van der Waals surface area contributed by atoms with Crippen LogP contribution in [0, 0.1) is 0 Å². The zero-order chi connectivity index (χ0) is 5.28. The Hall–Kier alpha value is -0.480. The summed E-state index contributed by atoms with van der Waals surface area (Å²) in [7, 11) is 0. The maximum atomic E-state index is 3.17. The summed E-state index contributed by atoms with van der Waals surface area (Å²) in [4.78, 5) is 0. The van der Waals surface area contributed by atoms with Crippen LogP contribution in [0.1, 0.15) is 26.7 Å². The summed E-state index contributed by atoms with van der Waals surface area (Å²) in [5.74, 6) is 0. The van der Waals surface area contributed by atoms with E-state index in [-0.39, 0.29) is 0 Å². The fraction of sp³-hybridized carbons (Fsp3) is 0.571. The van der Waals surface area contributed by atoms with Gasteiger partial charge in [-0.25, -0.2) is 0 Å². The lowest BCUT2D eigenvalue weighted by molar-refractivity contribution is 0.934. The summed E-state index contributed by atoms with van der Waals surface area (Å²) in [6.45, 7) is 4.31. The third-order valence-electron chi connectivity index (χ3n) is 1.23. The third-order valence-corrected chi connectivity index (χ3v) is 1.23. The molecule has 1 aliphatic carbocycles. The van der Waals surface area contributed by atoms with E-state index in [1.807, 2.05) is 0 Å². The van der Waals surface area contributed by atoms with Gasteiger partial charge in [0, 0.05) is 11.1 Å². The fourth-order valence-electron chi connectivity index (χ4n) is 0.695. The highest BCUT2D eigenvalue weighted by Crippen LogP contribution is 2.23. The molecule has 1 rings (SSSR count). The minimum atomic E-state index is 1.24. The molecule has 0 bridgehead atoms. The molecule has 7 heavy (non-hydrogen) atoms. The highest BCUT2D eigenvalue weighted by molar-refractivity contribution is 5.41. The van der Waals surface area contributed by atoms with Crippen molar-refractivity contribution in [1.82, 2.24) is 0 Å². The van der Waals surface area contributed by atoms with Crippen LogP contribution in [0.15, 0.2) is 16.9 Å². The van der Waals surface area contributed by atoms with E-state index in [9.17, 15) is 0 Å². The summed E-state index contributed by atoms with van der Waals surface area (Å²) in [5.41, 5.74) is 6.02. The van der Waals surface area contributed by atoms with E-state index in [0.29, 0.717) is 0 Å². The van der Waals surface area contributed by atoms with Gasteiger partial charge in [0.15, 0.2) is 0 Å². The van der Waals surface area contributed by atoms with Crippen LogP contribution in [-0.4, -0.2) is 0 Å². The standard InChI is InChI=1S/C7H10/c1-3-4-7-5-6(7)2/h3-4H2,1-2H3. The number of hydrogen-bond donors (Lipinski definition) is 0. The van der Waals surface area contributed by atoms with Crippen LogP contribution in [-0.2, 0) is 0 Å². The van der Waals surface area contributed by atoms with Crippen LogP contribution < -0.4 is 0 Å². The Morgan fingerprint density at radius 3 is 2.29 bits per heavy atom. The van der Waals surface area contributed by atoms with Crippen molar-refractivity contribution in [3.05, 3.63) is 16.9 Å². The zero-order valence-corrected chi connectivity index (χ0v) is 4.91. The zero-order valence-electron chi connectivity index (χ0n) is 4.91. The average molecular weight is 94.2 g/mol. The van der Waals surface area contributed by atoms with Crippen molar-refractivity contribution in [3.8, 4) is 0 Å². The molecule has 0 amide bonds. The smallest absolute Gasteiger partial charge is 0.00490 e. The Kier molecular flexibility index (Phi) is 1.04. The van der Waals surface area contributed by atoms with Gasteiger partial charge in [0.25, 0.3) is 0 Å². The van der Waals surface area contributed by atoms with Gasteiger partial charge in [0.1, 0.15) is 0 Å². The van der Waals surface area contributed by atoms with E-state index in [1.54, 1.807) is 0 Å². The predicted octanol–water partition coefficient (Wildman–Crippen LogP) is 2.27. The summed E-state index contributed by atoms with van der Waals surface area (Å²) >= 11 is 0. The topological polar surface area (TPSA) is 0 Å². The molecule has 0 nitrogen and oxygen atoms in total. The molecule has 0 aliphatic heterocycles. The van der Waals surface area contributed by atoms with Gasteiger partial charge in [-0.2, -0.15) is 0 Å². The van der Waals surface area contributed by atoms with Crippen LogP contribution in [0.5, 0.6) is 0 Å². The van der Waals surface area contributed by atoms with Gasteiger partial charge in [-0.1, -0.05) is 13.3 Å². The van der Waals surface area contributed by atoms with Crippen molar-refractivity contribution in [3.63, 3.8) is 0 Å². The van der Waals surface area contributed by atoms with Gasteiger partial charge in [-0.15, -0.1) is 5.73 Å². The van der Waals surface area contributed by atoms with Gasteiger partial charge in [-0.3, -0.25) is 0 Å². The van der Waals surface area contributed by atoms with Crippen molar-refractivity contribution in [2.75, 3.05) is 0 Å². The van der Waals surface area contributed by atoms with Crippen molar-refractivity contribution in [2.24, 2.45) is 0 Å². The first-order valence-electron chi connectivity index (χ1n) is 2.81. The molecule has 0 unspecified atom stereocenters. The molecule has 0 aromatic rings. The van der Waals surface area contributed by atoms with Gasteiger partial charge in [0.05, 0.1) is 0 Å². The molecule has 0 N–H and O–H groups in total. The van der Waals surface area contributed by atoms with E-state index in [4.69, 9.17) is 0 Å². The lowest BCUT2D eigenvalue weighted by atomic mass is 10.2. The minimum absolute atomic E-state index is 1.24. The summed E-state index contributed by atoms with van der Waals surface area (Å²) < 4.78 is 0. The Labute approximate surface area is 44.5 Å². The second-order valence-corrected chi connectivity index (χ2v) is 1.98. The molecule has 0 heterocycles. The third kappa shape index (κ3) is 0.942. The largest absolute Gasteiger partial charge is 0.112 e. The van der Waals surface area contributed by atoms with Gasteiger partial charge in [0.2, 0.25) is 0 Å². The van der Waals surface area contributed by atoms with Crippen LogP contribution in [0.25, 0.3) is 0 Å². The first-order chi connectivity index (χ1) is 3.34. The molecule has 0 atom stereocenters. The molecule has 0 heteroatoms. The second-order valence-electron chi connectivity index (χ2n) is 1.98. The summed E-state index contributed by atoms with van der Waals surface area (Å²) in [6.07, 6.45) is 2.51. The normalized spacial score (nSPS) is 15.7. The molecular formula is C7H10. The minimum Gasteiger partial charge on any atom is -0.112 e. The predicted molar refractivity (Wildman–Crippen MR) is 31.1 cm³/mol. The Bertz CT molecular complexity index is 134. The van der Waals surface area contributed by atoms with Crippen molar-refractivity contribution < 1.29 is 0 Å². The van der Waals surface area contributed by atoms with E-state index in [2.05, 4.69) is 19.6 Å². The molecule has 0 fully saturated rings. The highest BCUT2D eigenvalue weighted by atomic mass is 14.1. The first-order valence-corrected chi connectivity index (χ1v) is 2.81. The van der Waals surface area contributed by atoms with E-state index >= 15 is 0 Å². The molecule has 0 saturated heterocycles. The molecule has 0 radical (unpaired) electrons. The Morgan fingerprint density at radius 2 is 2.14 bits per heavy atom. The van der Waals surface area contributed by atoms with Crippen LogP contribution in [0.2, 0.25) is 0 Å². The quantitative estimate of drug-likeness (QED) is 0.460. The first kappa shape index (κ1) is 4.67. The van der Waals surface area contributed by atoms with Gasteiger partial charge in [-0.05, 0) is 13.3 Å². The highest BCUT2D eigenvalue weighted by Gasteiger charge is 2.06. The SMILES string of the molecule is CCCC1=C=C1C. The fourth-order valence-corrected chi connectivity index (χ4v) is 0.695. The van der Waals surface area contributed by atoms with Crippen LogP contribution in [0.4, 0.5) is 0 Å². The maximum Gasteiger partial charge on any atom is 0.00490 e. The number of rotatable bonds is 2. The Morgan fingerprint density at radius 1 is 1.57 bits per heavy atom. The van der Waals surface area contributed by atoms with Crippen molar-refractivity contribution in [1.29, 1.82) is 0 Å². The van der Waals surface area contributed by atoms with Crippen molar-refractivity contribution in [2.45, 2.75) is 26.7 Å². The summed E-state index contributed by atoms with van der Waals surface area (Å²) in [5, 5.41) is 0.